The third-order valence-electron chi connectivity index (χ3n) is 3.45. The molecule has 0 saturated heterocycles. The quantitative estimate of drug-likeness (QED) is 0.656. The van der Waals surface area contributed by atoms with Crippen molar-refractivity contribution in [2.75, 3.05) is 5.32 Å². The van der Waals surface area contributed by atoms with E-state index in [0.717, 1.165) is 10.0 Å². The smallest absolute Gasteiger partial charge is 0.408 e. The fraction of sp³-hybridized carbons (Fsp3) is 0.300. The summed E-state index contributed by atoms with van der Waals surface area (Å²) < 4.78 is 6.19. The van der Waals surface area contributed by atoms with E-state index in [0.29, 0.717) is 17.1 Å². The molecule has 0 aliphatic heterocycles. The van der Waals surface area contributed by atoms with Crippen molar-refractivity contribution in [2.45, 2.75) is 38.8 Å². The molecule has 0 aliphatic carbocycles. The Hall–Kier alpha value is -2.05. The summed E-state index contributed by atoms with van der Waals surface area (Å²) in [5.74, 6) is -0.344. The van der Waals surface area contributed by atoms with Gasteiger partial charge in [0.25, 0.3) is 0 Å². The number of alkyl carbamates (subject to hydrolysis) is 1. The minimum atomic E-state index is -0.801. The van der Waals surface area contributed by atoms with Gasteiger partial charge in [-0.05, 0) is 62.7 Å². The van der Waals surface area contributed by atoms with Crippen LogP contribution in [0.4, 0.5) is 10.5 Å². The zero-order chi connectivity index (χ0) is 20.0. The van der Waals surface area contributed by atoms with Crippen LogP contribution in [0.5, 0.6) is 0 Å². The number of hydrogen-bond acceptors (Lipinski definition) is 3. The lowest BCUT2D eigenvalue weighted by molar-refractivity contribution is -0.118. The van der Waals surface area contributed by atoms with Gasteiger partial charge in [0, 0.05) is 21.6 Å². The molecule has 2 amide bonds. The second kappa shape index (κ2) is 9.24. The predicted octanol–water partition coefficient (Wildman–Crippen LogP) is 5.18. The van der Waals surface area contributed by atoms with Gasteiger partial charge in [-0.2, -0.15) is 0 Å². The highest BCUT2D eigenvalue weighted by Crippen LogP contribution is 2.16. The van der Waals surface area contributed by atoms with Crippen LogP contribution < -0.4 is 10.6 Å². The number of halogens is 2. The van der Waals surface area contributed by atoms with Crippen molar-refractivity contribution in [1.29, 1.82) is 0 Å². The summed E-state index contributed by atoms with van der Waals surface area (Å²) in [6, 6.07) is 13.5. The number of benzene rings is 2. The van der Waals surface area contributed by atoms with Gasteiger partial charge in [-0.3, -0.25) is 4.79 Å². The van der Waals surface area contributed by atoms with Crippen molar-refractivity contribution >= 4 is 45.2 Å². The molecule has 0 saturated carbocycles. The number of carbonyl (C=O) groups is 2. The van der Waals surface area contributed by atoms with Gasteiger partial charge in [0.2, 0.25) is 5.91 Å². The molecule has 0 aliphatic rings. The van der Waals surface area contributed by atoms with E-state index in [-0.39, 0.29) is 5.91 Å². The molecule has 5 nitrogen and oxygen atoms in total. The van der Waals surface area contributed by atoms with Crippen molar-refractivity contribution in [3.63, 3.8) is 0 Å². The average Bonchev–Trinajstić information content (AvgIpc) is 2.54. The Kier molecular flexibility index (Phi) is 7.27. The van der Waals surface area contributed by atoms with Crippen LogP contribution in [-0.4, -0.2) is 23.6 Å². The van der Waals surface area contributed by atoms with Gasteiger partial charge in [-0.15, -0.1) is 0 Å². The van der Waals surface area contributed by atoms with Gasteiger partial charge in [0.15, 0.2) is 0 Å². The maximum atomic E-state index is 12.8. The Labute approximate surface area is 172 Å². The van der Waals surface area contributed by atoms with Crippen LogP contribution >= 0.6 is 27.5 Å². The third kappa shape index (κ3) is 7.61. The fourth-order valence-corrected chi connectivity index (χ4v) is 2.89. The number of amides is 2. The third-order valence-corrected chi connectivity index (χ3v) is 4.19. The molecule has 0 bridgehead atoms. The number of carbonyl (C=O) groups excluding carboxylic acids is 2. The highest BCUT2D eigenvalue weighted by molar-refractivity contribution is 9.10. The molecule has 0 unspecified atom stereocenters. The summed E-state index contributed by atoms with van der Waals surface area (Å²) in [6.45, 7) is 5.30. The lowest BCUT2D eigenvalue weighted by Gasteiger charge is -2.23. The summed E-state index contributed by atoms with van der Waals surface area (Å²) in [6.07, 6.45) is -0.327. The first-order valence-electron chi connectivity index (χ1n) is 8.43. The summed E-state index contributed by atoms with van der Waals surface area (Å²) >= 11 is 9.29. The lowest BCUT2D eigenvalue weighted by Crippen LogP contribution is -2.47. The SMILES string of the molecule is CC(C)(C)OC(=O)N[C@@H](Cc1cccc(Br)c1)C(=O)Nc1ccc(Cl)cc1. The van der Waals surface area contributed by atoms with Gasteiger partial charge in [0.05, 0.1) is 0 Å². The molecular weight excluding hydrogens is 432 g/mol. The number of hydrogen-bond donors (Lipinski definition) is 2. The summed E-state index contributed by atoms with van der Waals surface area (Å²) in [4.78, 5) is 24.9. The molecule has 27 heavy (non-hydrogen) atoms. The fourth-order valence-electron chi connectivity index (χ4n) is 2.32. The number of ether oxygens (including phenoxy) is 1. The molecule has 0 radical (unpaired) electrons. The van der Waals surface area contributed by atoms with E-state index in [1.54, 1.807) is 45.0 Å². The first kappa shape index (κ1) is 21.3. The van der Waals surface area contributed by atoms with E-state index in [2.05, 4.69) is 26.6 Å². The van der Waals surface area contributed by atoms with Gasteiger partial charge in [0.1, 0.15) is 11.6 Å². The monoisotopic (exact) mass is 452 g/mol. The molecule has 2 aromatic carbocycles. The van der Waals surface area contributed by atoms with E-state index in [1.807, 2.05) is 24.3 Å². The molecular formula is C20H22BrClN2O3. The molecule has 0 aromatic heterocycles. The number of rotatable bonds is 5. The van der Waals surface area contributed by atoms with Crippen molar-refractivity contribution < 1.29 is 14.3 Å². The maximum absolute atomic E-state index is 12.8. The standard InChI is InChI=1S/C20H22BrClN2O3/c1-20(2,3)27-19(26)24-17(12-13-5-4-6-14(21)11-13)18(25)23-16-9-7-15(22)8-10-16/h4-11,17H,12H2,1-3H3,(H,23,25)(H,24,26)/t17-/m0/s1. The zero-order valence-electron chi connectivity index (χ0n) is 15.4. The Morgan fingerprint density at radius 3 is 2.41 bits per heavy atom. The molecule has 1 atom stereocenters. The largest absolute Gasteiger partial charge is 0.444 e. The molecule has 2 N–H and O–H groups in total. The van der Waals surface area contributed by atoms with Crippen LogP contribution in [0, 0.1) is 0 Å². The average molecular weight is 454 g/mol. The highest BCUT2D eigenvalue weighted by atomic mass is 79.9. The molecule has 0 spiro atoms. The summed E-state index contributed by atoms with van der Waals surface area (Å²) in [5.41, 5.74) is 0.836. The van der Waals surface area contributed by atoms with Gasteiger partial charge in [-0.25, -0.2) is 4.79 Å². The second-order valence-corrected chi connectivity index (χ2v) is 8.38. The first-order valence-corrected chi connectivity index (χ1v) is 9.60. The summed E-state index contributed by atoms with van der Waals surface area (Å²) in [7, 11) is 0. The number of nitrogens with one attached hydrogen (secondary N) is 2. The normalized spacial score (nSPS) is 12.2. The van der Waals surface area contributed by atoms with Gasteiger partial charge >= 0.3 is 6.09 Å². The zero-order valence-corrected chi connectivity index (χ0v) is 17.7. The van der Waals surface area contributed by atoms with Crippen LogP contribution in [0.15, 0.2) is 53.0 Å². The van der Waals surface area contributed by atoms with Crippen LogP contribution in [0.2, 0.25) is 5.02 Å². The van der Waals surface area contributed by atoms with Crippen LogP contribution in [-0.2, 0) is 16.0 Å². The topological polar surface area (TPSA) is 67.4 Å². The van der Waals surface area contributed by atoms with Crippen molar-refractivity contribution in [2.24, 2.45) is 0 Å². The molecule has 144 valence electrons. The Bertz CT molecular complexity index is 804. The van der Waals surface area contributed by atoms with E-state index in [9.17, 15) is 9.59 Å². The van der Waals surface area contributed by atoms with Crippen molar-refractivity contribution in [3.8, 4) is 0 Å². The van der Waals surface area contributed by atoms with Crippen LogP contribution in [0.3, 0.4) is 0 Å². The van der Waals surface area contributed by atoms with Crippen molar-refractivity contribution in [3.05, 3.63) is 63.6 Å². The minimum Gasteiger partial charge on any atom is -0.444 e. The van der Waals surface area contributed by atoms with E-state index in [1.165, 1.54) is 0 Å². The van der Waals surface area contributed by atoms with Crippen molar-refractivity contribution in [1.82, 2.24) is 5.32 Å². The first-order chi connectivity index (χ1) is 12.6. The summed E-state index contributed by atoms with van der Waals surface area (Å²) in [5, 5.41) is 6.03. The van der Waals surface area contributed by atoms with Crippen LogP contribution in [0.25, 0.3) is 0 Å². The Balaban J connectivity index is 2.15. The second-order valence-electron chi connectivity index (χ2n) is 7.03. The van der Waals surface area contributed by atoms with Gasteiger partial charge < -0.3 is 15.4 Å². The van der Waals surface area contributed by atoms with Gasteiger partial charge in [-0.1, -0.05) is 39.7 Å². The lowest BCUT2D eigenvalue weighted by atomic mass is 10.1. The molecule has 2 rings (SSSR count). The molecule has 7 heteroatoms. The Morgan fingerprint density at radius 2 is 1.81 bits per heavy atom. The van der Waals surface area contributed by atoms with E-state index < -0.39 is 17.7 Å². The molecule has 0 fully saturated rings. The highest BCUT2D eigenvalue weighted by Gasteiger charge is 2.25. The molecule has 2 aromatic rings. The van der Waals surface area contributed by atoms with E-state index in [4.69, 9.17) is 16.3 Å². The minimum absolute atomic E-state index is 0.318. The van der Waals surface area contributed by atoms with E-state index >= 15 is 0 Å². The van der Waals surface area contributed by atoms with Crippen LogP contribution in [0.1, 0.15) is 26.3 Å². The maximum Gasteiger partial charge on any atom is 0.408 e. The molecule has 0 heterocycles. The number of anilines is 1. The predicted molar refractivity (Wildman–Crippen MR) is 111 cm³/mol. The Morgan fingerprint density at radius 1 is 1.15 bits per heavy atom.